The van der Waals surface area contributed by atoms with Gasteiger partial charge in [-0.15, -0.1) is 0 Å². The van der Waals surface area contributed by atoms with Gasteiger partial charge in [0.05, 0.1) is 5.69 Å². The Kier molecular flexibility index (Phi) is 4.22. The predicted octanol–water partition coefficient (Wildman–Crippen LogP) is 3.69. The molecule has 0 aliphatic carbocycles. The quantitative estimate of drug-likeness (QED) is 0.899. The monoisotopic (exact) mass is 333 g/mol. The van der Waals surface area contributed by atoms with Gasteiger partial charge in [-0.1, -0.05) is 34.1 Å². The Labute approximate surface area is 128 Å². The maximum atomic E-state index is 4.83. The summed E-state index contributed by atoms with van der Waals surface area (Å²) in [5.74, 6) is 1.88. The number of aromatic amines is 1. The molecular weight excluding hydrogens is 314 g/mol. The van der Waals surface area contributed by atoms with Crippen molar-refractivity contribution < 1.29 is 0 Å². The molecular formula is C16H20BrN3. The van der Waals surface area contributed by atoms with Gasteiger partial charge in [-0.2, -0.15) is 0 Å². The van der Waals surface area contributed by atoms with Crippen LogP contribution in [0.5, 0.6) is 0 Å². The van der Waals surface area contributed by atoms with Crippen molar-refractivity contribution in [2.75, 3.05) is 13.1 Å². The van der Waals surface area contributed by atoms with Gasteiger partial charge in [-0.05, 0) is 44.8 Å². The summed E-state index contributed by atoms with van der Waals surface area (Å²) in [6.45, 7) is 4.39. The van der Waals surface area contributed by atoms with Crippen LogP contribution in [0.25, 0.3) is 11.3 Å². The third kappa shape index (κ3) is 2.96. The Balaban J connectivity index is 1.82. The van der Waals surface area contributed by atoms with Crippen LogP contribution in [0.2, 0.25) is 0 Å². The van der Waals surface area contributed by atoms with Gasteiger partial charge >= 0.3 is 0 Å². The molecule has 0 amide bonds. The molecule has 2 heterocycles. The highest BCUT2D eigenvalue weighted by Gasteiger charge is 2.17. The van der Waals surface area contributed by atoms with E-state index in [4.69, 9.17) is 4.98 Å². The van der Waals surface area contributed by atoms with E-state index in [1.807, 2.05) is 6.07 Å². The fourth-order valence-corrected chi connectivity index (χ4v) is 3.37. The number of hydrogen-bond acceptors (Lipinski definition) is 2. The molecule has 3 rings (SSSR count). The van der Waals surface area contributed by atoms with Gasteiger partial charge in [0, 0.05) is 22.2 Å². The molecule has 2 aromatic rings. The molecule has 1 aliphatic rings. The molecule has 4 heteroatoms. The number of benzene rings is 1. The number of aromatic nitrogens is 2. The molecule has 0 atom stereocenters. The van der Waals surface area contributed by atoms with Gasteiger partial charge in [-0.3, -0.25) is 0 Å². The highest BCUT2D eigenvalue weighted by molar-refractivity contribution is 9.10. The van der Waals surface area contributed by atoms with Crippen molar-refractivity contribution >= 4 is 15.9 Å². The maximum Gasteiger partial charge on any atom is 0.107 e. The first-order chi connectivity index (χ1) is 9.74. The van der Waals surface area contributed by atoms with Crippen LogP contribution in [-0.4, -0.2) is 23.1 Å². The fourth-order valence-electron chi connectivity index (χ4n) is 2.89. The van der Waals surface area contributed by atoms with E-state index < -0.39 is 0 Å². The Morgan fingerprint density at radius 2 is 2.00 bits per heavy atom. The summed E-state index contributed by atoms with van der Waals surface area (Å²) in [5, 5.41) is 3.41. The molecule has 20 heavy (non-hydrogen) atoms. The molecule has 2 N–H and O–H groups in total. The van der Waals surface area contributed by atoms with E-state index in [0.717, 1.165) is 52.7 Å². The Hall–Kier alpha value is -1.13. The Morgan fingerprint density at radius 1 is 1.25 bits per heavy atom. The van der Waals surface area contributed by atoms with Crippen LogP contribution in [0.1, 0.15) is 24.4 Å². The molecule has 1 aliphatic heterocycles. The fraction of sp³-hybridized carbons (Fsp3) is 0.438. The molecule has 0 spiro atoms. The molecule has 0 unspecified atom stereocenters. The summed E-state index contributed by atoms with van der Waals surface area (Å²) in [5.41, 5.74) is 3.39. The molecule has 0 radical (unpaired) electrons. The molecule has 0 bridgehead atoms. The number of nitrogens with one attached hydrogen (secondary N) is 2. The molecule has 1 aromatic heterocycles. The summed E-state index contributed by atoms with van der Waals surface area (Å²) in [7, 11) is 0. The van der Waals surface area contributed by atoms with Crippen molar-refractivity contribution in [3.8, 4) is 11.3 Å². The Bertz CT molecular complexity index is 585. The number of piperidine rings is 1. The lowest BCUT2D eigenvalue weighted by Gasteiger charge is -2.21. The highest BCUT2D eigenvalue weighted by Crippen LogP contribution is 2.29. The van der Waals surface area contributed by atoms with E-state index >= 15 is 0 Å². The zero-order valence-electron chi connectivity index (χ0n) is 11.7. The summed E-state index contributed by atoms with van der Waals surface area (Å²) >= 11 is 3.61. The minimum absolute atomic E-state index is 0.758. The summed E-state index contributed by atoms with van der Waals surface area (Å²) in [4.78, 5) is 8.29. The second kappa shape index (κ2) is 6.10. The largest absolute Gasteiger partial charge is 0.346 e. The lowest BCUT2D eigenvalue weighted by Crippen LogP contribution is -2.28. The minimum atomic E-state index is 0.758. The van der Waals surface area contributed by atoms with Crippen LogP contribution in [0.4, 0.5) is 0 Å². The van der Waals surface area contributed by atoms with Crippen molar-refractivity contribution in [3.63, 3.8) is 0 Å². The standard InChI is InChI=1S/C16H20BrN3/c1-11-16(13-4-2-3-5-14(13)17)20-15(19-11)10-12-6-8-18-9-7-12/h2-5,12,18H,6-10H2,1H3,(H,19,20). The van der Waals surface area contributed by atoms with Crippen molar-refractivity contribution in [1.29, 1.82) is 0 Å². The van der Waals surface area contributed by atoms with Gasteiger partial charge in [-0.25, -0.2) is 4.98 Å². The van der Waals surface area contributed by atoms with Crippen molar-refractivity contribution in [1.82, 2.24) is 15.3 Å². The van der Waals surface area contributed by atoms with Crippen LogP contribution in [0, 0.1) is 12.8 Å². The molecule has 106 valence electrons. The summed E-state index contributed by atoms with van der Waals surface area (Å²) < 4.78 is 1.10. The van der Waals surface area contributed by atoms with E-state index in [9.17, 15) is 0 Å². The third-order valence-corrected chi connectivity index (χ3v) is 4.69. The van der Waals surface area contributed by atoms with E-state index in [0.29, 0.717) is 0 Å². The SMILES string of the molecule is Cc1[nH]c(CC2CCNCC2)nc1-c1ccccc1Br. The van der Waals surface area contributed by atoms with Crippen LogP contribution in [-0.2, 0) is 6.42 Å². The van der Waals surface area contributed by atoms with Gasteiger partial charge in [0.1, 0.15) is 5.82 Å². The first kappa shape index (κ1) is 13.8. The number of hydrogen-bond donors (Lipinski definition) is 2. The zero-order chi connectivity index (χ0) is 13.9. The van der Waals surface area contributed by atoms with Crippen molar-refractivity contribution in [3.05, 3.63) is 40.3 Å². The summed E-state index contributed by atoms with van der Waals surface area (Å²) in [6, 6.07) is 8.27. The van der Waals surface area contributed by atoms with Crippen molar-refractivity contribution in [2.45, 2.75) is 26.2 Å². The second-order valence-corrected chi connectivity index (χ2v) is 6.39. The normalized spacial score (nSPS) is 16.5. The number of H-pyrrole nitrogens is 1. The van der Waals surface area contributed by atoms with Gasteiger partial charge in [0.2, 0.25) is 0 Å². The average molecular weight is 334 g/mol. The molecule has 1 aromatic carbocycles. The Morgan fingerprint density at radius 3 is 2.75 bits per heavy atom. The maximum absolute atomic E-state index is 4.83. The van der Waals surface area contributed by atoms with Crippen LogP contribution in [0.15, 0.2) is 28.7 Å². The van der Waals surface area contributed by atoms with E-state index in [-0.39, 0.29) is 0 Å². The van der Waals surface area contributed by atoms with Crippen LogP contribution >= 0.6 is 15.9 Å². The first-order valence-corrected chi connectivity index (χ1v) is 8.04. The lowest BCUT2D eigenvalue weighted by atomic mass is 9.94. The van der Waals surface area contributed by atoms with Crippen LogP contribution in [0.3, 0.4) is 0 Å². The van der Waals surface area contributed by atoms with Gasteiger partial charge < -0.3 is 10.3 Å². The number of imidazole rings is 1. The van der Waals surface area contributed by atoms with E-state index in [1.54, 1.807) is 0 Å². The average Bonchev–Trinajstić information content (AvgIpc) is 2.81. The number of aryl methyl sites for hydroxylation is 1. The summed E-state index contributed by atoms with van der Waals surface area (Å²) in [6.07, 6.45) is 3.57. The topological polar surface area (TPSA) is 40.7 Å². The minimum Gasteiger partial charge on any atom is -0.346 e. The predicted molar refractivity (Wildman–Crippen MR) is 85.8 cm³/mol. The number of halogens is 1. The molecule has 3 nitrogen and oxygen atoms in total. The second-order valence-electron chi connectivity index (χ2n) is 5.53. The zero-order valence-corrected chi connectivity index (χ0v) is 13.3. The first-order valence-electron chi connectivity index (χ1n) is 7.25. The smallest absolute Gasteiger partial charge is 0.107 e. The molecule has 0 saturated carbocycles. The molecule has 1 saturated heterocycles. The van der Waals surface area contributed by atoms with Crippen LogP contribution < -0.4 is 5.32 Å². The van der Waals surface area contributed by atoms with E-state index in [2.05, 4.69) is 51.4 Å². The molecule has 1 fully saturated rings. The van der Waals surface area contributed by atoms with Crippen molar-refractivity contribution in [2.24, 2.45) is 5.92 Å². The van der Waals surface area contributed by atoms with Gasteiger partial charge in [0.15, 0.2) is 0 Å². The lowest BCUT2D eigenvalue weighted by molar-refractivity contribution is 0.368. The van der Waals surface area contributed by atoms with E-state index in [1.165, 1.54) is 12.8 Å². The number of rotatable bonds is 3. The number of nitrogens with zero attached hydrogens (tertiary/aromatic N) is 1. The highest BCUT2D eigenvalue weighted by atomic mass is 79.9. The van der Waals surface area contributed by atoms with Gasteiger partial charge in [0.25, 0.3) is 0 Å². The third-order valence-electron chi connectivity index (χ3n) is 4.00.